The Balaban J connectivity index is 1.73. The largest absolute Gasteiger partial charge is 0.366 e. The first-order valence-electron chi connectivity index (χ1n) is 9.43. The van der Waals surface area contributed by atoms with Crippen LogP contribution in [0.15, 0.2) is 6.07 Å². The number of hydrogen-bond acceptors (Lipinski definition) is 6. The van der Waals surface area contributed by atoms with E-state index in [9.17, 15) is 28.0 Å². The van der Waals surface area contributed by atoms with Crippen molar-refractivity contribution in [3.05, 3.63) is 28.8 Å². The Hall–Kier alpha value is -2.88. The van der Waals surface area contributed by atoms with Crippen molar-refractivity contribution in [3.63, 3.8) is 0 Å². The molecular weight excluding hydrogens is 386 g/mol. The fraction of sp³-hybridized carbons (Fsp3) is 0.474. The molecule has 1 aromatic carbocycles. The van der Waals surface area contributed by atoms with E-state index in [2.05, 4.69) is 10.6 Å². The maximum absolute atomic E-state index is 14.9. The van der Waals surface area contributed by atoms with Gasteiger partial charge in [0.05, 0.1) is 16.8 Å². The van der Waals surface area contributed by atoms with Crippen LogP contribution in [0.3, 0.4) is 0 Å². The Labute approximate surface area is 165 Å². The van der Waals surface area contributed by atoms with Crippen LogP contribution in [0.1, 0.15) is 47.4 Å². The summed E-state index contributed by atoms with van der Waals surface area (Å²) in [5.74, 6) is -5.84. The molecule has 3 unspecified atom stereocenters. The van der Waals surface area contributed by atoms with Gasteiger partial charge in [-0.05, 0) is 26.3 Å². The molecule has 0 bridgehead atoms. The minimum Gasteiger partial charge on any atom is -0.366 e. The van der Waals surface area contributed by atoms with E-state index in [-0.39, 0.29) is 36.2 Å². The van der Waals surface area contributed by atoms with Gasteiger partial charge in [0.15, 0.2) is 11.6 Å². The van der Waals surface area contributed by atoms with Crippen LogP contribution in [-0.2, 0) is 9.59 Å². The third-order valence-corrected chi connectivity index (χ3v) is 5.49. The fourth-order valence-electron chi connectivity index (χ4n) is 4.30. The second-order valence-electron chi connectivity index (χ2n) is 7.77. The molecule has 10 heteroatoms. The summed E-state index contributed by atoms with van der Waals surface area (Å²) in [5, 5.41) is 5.35. The predicted octanol–water partition coefficient (Wildman–Crippen LogP) is 0.553. The van der Waals surface area contributed by atoms with Crippen molar-refractivity contribution in [2.45, 2.75) is 44.8 Å². The Morgan fingerprint density at radius 2 is 1.66 bits per heavy atom. The van der Waals surface area contributed by atoms with Crippen molar-refractivity contribution >= 4 is 29.3 Å². The van der Waals surface area contributed by atoms with Gasteiger partial charge in [-0.2, -0.15) is 0 Å². The molecule has 0 aliphatic carbocycles. The Morgan fingerprint density at radius 3 is 2.28 bits per heavy atom. The van der Waals surface area contributed by atoms with Crippen LogP contribution in [-0.4, -0.2) is 59.7 Å². The third-order valence-electron chi connectivity index (χ3n) is 5.49. The molecule has 1 aromatic rings. The summed E-state index contributed by atoms with van der Waals surface area (Å²) in [7, 11) is 0. The average Bonchev–Trinajstić information content (AvgIpc) is 2.88. The molecule has 4 amide bonds. The third kappa shape index (κ3) is 3.07. The molecule has 2 fully saturated rings. The molecule has 8 nitrogen and oxygen atoms in total. The highest BCUT2D eigenvalue weighted by atomic mass is 19.2. The van der Waals surface area contributed by atoms with Crippen molar-refractivity contribution < 1.29 is 28.0 Å². The lowest BCUT2D eigenvalue weighted by Gasteiger charge is -2.37. The standard InChI is InChI=1S/C19H20F2N4O4/c1-8-6-24(7-9(2)22-8)12-5-10-14(16(21)15(12)20)19(29)25(18(10)28)11-3-4-13(26)23-17(11)27/h5,8-9,11,22H,3-4,6-7H2,1-2H3,(H,23,26,27). The molecule has 154 valence electrons. The Kier molecular flexibility index (Phi) is 4.60. The predicted molar refractivity (Wildman–Crippen MR) is 97.3 cm³/mol. The van der Waals surface area contributed by atoms with Gasteiger partial charge in [0, 0.05) is 31.6 Å². The molecule has 4 rings (SSSR count). The second-order valence-corrected chi connectivity index (χ2v) is 7.77. The molecule has 3 aliphatic rings. The van der Waals surface area contributed by atoms with Crippen molar-refractivity contribution in [3.8, 4) is 0 Å². The number of nitrogens with zero attached hydrogens (tertiary/aromatic N) is 2. The van der Waals surface area contributed by atoms with Crippen LogP contribution in [0.2, 0.25) is 0 Å². The Bertz CT molecular complexity index is 941. The highest BCUT2D eigenvalue weighted by molar-refractivity contribution is 6.24. The van der Waals surface area contributed by atoms with E-state index in [1.54, 1.807) is 4.90 Å². The minimum absolute atomic E-state index is 0.0202. The van der Waals surface area contributed by atoms with Gasteiger partial charge < -0.3 is 10.2 Å². The molecule has 0 spiro atoms. The number of fused-ring (bicyclic) bond motifs is 1. The van der Waals surface area contributed by atoms with Crippen LogP contribution in [0.5, 0.6) is 0 Å². The molecular formula is C19H20F2N4O4. The van der Waals surface area contributed by atoms with E-state index in [1.165, 1.54) is 6.07 Å². The van der Waals surface area contributed by atoms with Gasteiger partial charge in [-0.25, -0.2) is 8.78 Å². The molecule has 3 heterocycles. The quantitative estimate of drug-likeness (QED) is 0.697. The van der Waals surface area contributed by atoms with Crippen LogP contribution < -0.4 is 15.5 Å². The second kappa shape index (κ2) is 6.87. The van der Waals surface area contributed by atoms with Gasteiger partial charge in [0.25, 0.3) is 11.8 Å². The van der Waals surface area contributed by atoms with E-state index in [0.717, 1.165) is 0 Å². The highest BCUT2D eigenvalue weighted by Crippen LogP contribution is 2.35. The smallest absolute Gasteiger partial charge is 0.265 e. The number of halogens is 2. The van der Waals surface area contributed by atoms with Crippen molar-refractivity contribution in [1.82, 2.24) is 15.5 Å². The van der Waals surface area contributed by atoms with Crippen LogP contribution >= 0.6 is 0 Å². The number of piperidine rings is 1. The number of carbonyl (C=O) groups excluding carboxylic acids is 4. The lowest BCUT2D eigenvalue weighted by molar-refractivity contribution is -0.136. The minimum atomic E-state index is -1.40. The van der Waals surface area contributed by atoms with Gasteiger partial charge in [0.1, 0.15) is 6.04 Å². The van der Waals surface area contributed by atoms with Gasteiger partial charge in [-0.15, -0.1) is 0 Å². The summed E-state index contributed by atoms with van der Waals surface area (Å²) in [4.78, 5) is 51.3. The van der Waals surface area contributed by atoms with E-state index >= 15 is 0 Å². The molecule has 3 aliphatic heterocycles. The van der Waals surface area contributed by atoms with Crippen molar-refractivity contribution in [1.29, 1.82) is 0 Å². The first-order valence-corrected chi connectivity index (χ1v) is 9.43. The number of amides is 4. The fourth-order valence-corrected chi connectivity index (χ4v) is 4.30. The number of nitrogens with one attached hydrogen (secondary N) is 2. The van der Waals surface area contributed by atoms with E-state index in [1.807, 2.05) is 13.8 Å². The van der Waals surface area contributed by atoms with Gasteiger partial charge in [-0.1, -0.05) is 0 Å². The molecule has 2 N–H and O–H groups in total. The van der Waals surface area contributed by atoms with E-state index < -0.39 is 46.9 Å². The first kappa shape index (κ1) is 19.4. The van der Waals surface area contributed by atoms with Gasteiger partial charge in [0.2, 0.25) is 11.8 Å². The zero-order valence-corrected chi connectivity index (χ0v) is 15.9. The number of rotatable bonds is 2. The molecule has 0 saturated carbocycles. The highest BCUT2D eigenvalue weighted by Gasteiger charge is 2.47. The average molecular weight is 406 g/mol. The number of piperazine rings is 1. The summed E-state index contributed by atoms with van der Waals surface area (Å²) >= 11 is 0. The lowest BCUT2D eigenvalue weighted by Crippen LogP contribution is -2.54. The number of carbonyl (C=O) groups is 4. The summed E-state index contributed by atoms with van der Waals surface area (Å²) in [6.45, 7) is 4.62. The lowest BCUT2D eigenvalue weighted by atomic mass is 10.0. The number of anilines is 1. The maximum atomic E-state index is 14.9. The summed E-state index contributed by atoms with van der Waals surface area (Å²) in [6.07, 6.45) is -0.109. The van der Waals surface area contributed by atoms with Gasteiger partial charge >= 0.3 is 0 Å². The summed E-state index contributed by atoms with van der Waals surface area (Å²) in [5.41, 5.74) is -1.03. The molecule has 29 heavy (non-hydrogen) atoms. The molecule has 3 atom stereocenters. The van der Waals surface area contributed by atoms with Crippen LogP contribution in [0.25, 0.3) is 0 Å². The first-order chi connectivity index (χ1) is 13.7. The zero-order valence-electron chi connectivity index (χ0n) is 15.9. The number of benzene rings is 1. The summed E-state index contributed by atoms with van der Waals surface area (Å²) in [6, 6.07) is -0.00580. The number of imide groups is 2. The van der Waals surface area contributed by atoms with Crippen LogP contribution in [0.4, 0.5) is 14.5 Å². The molecule has 0 aromatic heterocycles. The Morgan fingerprint density at radius 1 is 1.00 bits per heavy atom. The van der Waals surface area contributed by atoms with Crippen molar-refractivity contribution in [2.24, 2.45) is 0 Å². The van der Waals surface area contributed by atoms with E-state index in [4.69, 9.17) is 0 Å². The number of hydrogen-bond donors (Lipinski definition) is 2. The molecule has 0 radical (unpaired) electrons. The SMILES string of the molecule is CC1CN(c2cc3c(c(F)c2F)C(=O)N(C2CCC(=O)NC2=O)C3=O)CC(C)N1. The van der Waals surface area contributed by atoms with Crippen LogP contribution in [0, 0.1) is 11.6 Å². The zero-order chi connectivity index (χ0) is 21.0. The van der Waals surface area contributed by atoms with E-state index in [0.29, 0.717) is 18.0 Å². The normalized spacial score (nSPS) is 27.4. The monoisotopic (exact) mass is 406 g/mol. The summed E-state index contributed by atoms with van der Waals surface area (Å²) < 4.78 is 29.7. The van der Waals surface area contributed by atoms with Crippen molar-refractivity contribution in [2.75, 3.05) is 18.0 Å². The topological polar surface area (TPSA) is 98.8 Å². The molecule has 2 saturated heterocycles. The maximum Gasteiger partial charge on any atom is 0.265 e. The van der Waals surface area contributed by atoms with Gasteiger partial charge in [-0.3, -0.25) is 29.4 Å².